The molecule has 2 aromatic rings. The van der Waals surface area contributed by atoms with Crippen LogP contribution in [0.1, 0.15) is 37.1 Å². The van der Waals surface area contributed by atoms with E-state index in [-0.39, 0.29) is 12.1 Å². The van der Waals surface area contributed by atoms with Gasteiger partial charge in [0.1, 0.15) is 0 Å². The molecule has 122 valence electrons. The zero-order valence-corrected chi connectivity index (χ0v) is 14.2. The van der Waals surface area contributed by atoms with Gasteiger partial charge in [-0.05, 0) is 50.5 Å². The zero-order valence-electron chi connectivity index (χ0n) is 13.4. The molecule has 0 unspecified atom stereocenters. The molecule has 2 heterocycles. The van der Waals surface area contributed by atoms with Gasteiger partial charge in [-0.1, -0.05) is 17.7 Å². The largest absolute Gasteiger partial charge is 0.322 e. The van der Waals surface area contributed by atoms with Crippen LogP contribution in [0.2, 0.25) is 5.02 Å². The summed E-state index contributed by atoms with van der Waals surface area (Å²) >= 11 is 6.22. The summed E-state index contributed by atoms with van der Waals surface area (Å²) in [5, 5.41) is 7.81. The number of anilines is 1. The number of rotatable bonds is 3. The van der Waals surface area contributed by atoms with E-state index in [2.05, 4.69) is 17.3 Å². The molecule has 0 spiro atoms. The number of hydrogen-bond acceptors (Lipinski definition) is 2. The SMILES string of the molecule is CCn1nccc1[C@@H]1CCCN1C(=O)Nc1ccc(C)cc1Cl. The third kappa shape index (κ3) is 3.20. The predicted octanol–water partition coefficient (Wildman–Crippen LogP) is 4.23. The molecule has 1 aliphatic heterocycles. The van der Waals surface area contributed by atoms with Gasteiger partial charge in [0.2, 0.25) is 0 Å². The second-order valence-electron chi connectivity index (χ2n) is 5.84. The first kappa shape index (κ1) is 15.9. The van der Waals surface area contributed by atoms with E-state index in [1.54, 1.807) is 6.20 Å². The van der Waals surface area contributed by atoms with Gasteiger partial charge in [0.15, 0.2) is 0 Å². The molecule has 1 atom stereocenters. The number of benzene rings is 1. The van der Waals surface area contributed by atoms with Crippen LogP contribution in [0.3, 0.4) is 0 Å². The molecule has 3 rings (SSSR count). The first-order chi connectivity index (χ1) is 11.1. The Morgan fingerprint density at radius 2 is 2.26 bits per heavy atom. The van der Waals surface area contributed by atoms with Gasteiger partial charge in [0.05, 0.1) is 22.4 Å². The monoisotopic (exact) mass is 332 g/mol. The van der Waals surface area contributed by atoms with Gasteiger partial charge in [-0.25, -0.2) is 4.79 Å². The lowest BCUT2D eigenvalue weighted by molar-refractivity contribution is 0.204. The maximum absolute atomic E-state index is 12.7. The number of aryl methyl sites for hydroxylation is 2. The number of aromatic nitrogens is 2. The van der Waals surface area contributed by atoms with E-state index in [1.165, 1.54) is 0 Å². The molecule has 0 radical (unpaired) electrons. The lowest BCUT2D eigenvalue weighted by Gasteiger charge is -2.25. The lowest BCUT2D eigenvalue weighted by atomic mass is 10.1. The predicted molar refractivity (Wildman–Crippen MR) is 91.8 cm³/mol. The van der Waals surface area contributed by atoms with E-state index in [4.69, 9.17) is 11.6 Å². The normalized spacial score (nSPS) is 17.5. The minimum Gasteiger partial charge on any atom is -0.316 e. The van der Waals surface area contributed by atoms with E-state index < -0.39 is 0 Å². The fraction of sp³-hybridized carbons (Fsp3) is 0.412. The van der Waals surface area contributed by atoms with Crippen molar-refractivity contribution in [2.45, 2.75) is 39.3 Å². The summed E-state index contributed by atoms with van der Waals surface area (Å²) < 4.78 is 1.95. The fourth-order valence-electron chi connectivity index (χ4n) is 3.12. The molecule has 1 N–H and O–H groups in total. The molecule has 1 aromatic carbocycles. The molecule has 1 saturated heterocycles. The number of nitrogens with one attached hydrogen (secondary N) is 1. The molecule has 1 aliphatic rings. The summed E-state index contributed by atoms with van der Waals surface area (Å²) in [5.41, 5.74) is 2.81. The van der Waals surface area contributed by atoms with Crippen LogP contribution in [0.15, 0.2) is 30.5 Å². The Morgan fingerprint density at radius 3 is 3.00 bits per heavy atom. The van der Waals surface area contributed by atoms with Crippen molar-refractivity contribution in [1.82, 2.24) is 14.7 Å². The topological polar surface area (TPSA) is 50.2 Å². The second kappa shape index (κ2) is 6.62. The highest BCUT2D eigenvalue weighted by Gasteiger charge is 2.32. The van der Waals surface area contributed by atoms with Gasteiger partial charge in [-0.15, -0.1) is 0 Å². The van der Waals surface area contributed by atoms with Crippen molar-refractivity contribution >= 4 is 23.3 Å². The molecular formula is C17H21ClN4O. The van der Waals surface area contributed by atoms with Crippen molar-refractivity contribution in [3.63, 3.8) is 0 Å². The van der Waals surface area contributed by atoms with Crippen molar-refractivity contribution in [3.05, 3.63) is 46.7 Å². The highest BCUT2D eigenvalue weighted by atomic mass is 35.5. The lowest BCUT2D eigenvalue weighted by Crippen LogP contribution is -2.35. The van der Waals surface area contributed by atoms with Gasteiger partial charge < -0.3 is 10.2 Å². The molecule has 5 nitrogen and oxygen atoms in total. The number of amides is 2. The molecule has 0 aliphatic carbocycles. The van der Waals surface area contributed by atoms with E-state index >= 15 is 0 Å². The summed E-state index contributed by atoms with van der Waals surface area (Å²) in [6.45, 7) is 5.58. The molecule has 1 fully saturated rings. The minimum absolute atomic E-state index is 0.0710. The van der Waals surface area contributed by atoms with E-state index in [0.29, 0.717) is 10.7 Å². The number of carbonyl (C=O) groups excluding carboxylic acids is 1. The van der Waals surface area contributed by atoms with Crippen molar-refractivity contribution in [2.75, 3.05) is 11.9 Å². The molecule has 6 heteroatoms. The van der Waals surface area contributed by atoms with Gasteiger partial charge in [-0.3, -0.25) is 4.68 Å². The fourth-order valence-corrected chi connectivity index (χ4v) is 3.40. The second-order valence-corrected chi connectivity index (χ2v) is 6.24. The Labute approximate surface area is 141 Å². The summed E-state index contributed by atoms with van der Waals surface area (Å²) in [4.78, 5) is 14.6. The van der Waals surface area contributed by atoms with Crippen LogP contribution in [0, 0.1) is 6.92 Å². The van der Waals surface area contributed by atoms with E-state index in [1.807, 2.05) is 40.8 Å². The first-order valence-corrected chi connectivity index (χ1v) is 8.33. The number of urea groups is 1. The first-order valence-electron chi connectivity index (χ1n) is 7.95. The third-order valence-corrected chi connectivity index (χ3v) is 4.58. The van der Waals surface area contributed by atoms with Crippen LogP contribution < -0.4 is 5.32 Å². The van der Waals surface area contributed by atoms with Gasteiger partial charge in [0.25, 0.3) is 0 Å². The number of likely N-dealkylation sites (tertiary alicyclic amines) is 1. The Morgan fingerprint density at radius 1 is 1.43 bits per heavy atom. The van der Waals surface area contributed by atoms with Crippen molar-refractivity contribution in [3.8, 4) is 0 Å². The Balaban J connectivity index is 1.78. The number of nitrogens with zero attached hydrogens (tertiary/aromatic N) is 3. The summed E-state index contributed by atoms with van der Waals surface area (Å²) in [6, 6.07) is 7.60. The van der Waals surface area contributed by atoms with Crippen molar-refractivity contribution < 1.29 is 4.79 Å². The summed E-state index contributed by atoms with van der Waals surface area (Å²) in [7, 11) is 0. The van der Waals surface area contributed by atoms with Crippen molar-refractivity contribution in [2.24, 2.45) is 0 Å². The molecule has 1 aromatic heterocycles. The average Bonchev–Trinajstić information content (AvgIpc) is 3.17. The molecule has 0 saturated carbocycles. The summed E-state index contributed by atoms with van der Waals surface area (Å²) in [5.74, 6) is 0. The molecule has 23 heavy (non-hydrogen) atoms. The molecule has 0 bridgehead atoms. The van der Waals surface area contributed by atoms with Crippen LogP contribution in [0.25, 0.3) is 0 Å². The highest BCUT2D eigenvalue weighted by Crippen LogP contribution is 2.33. The van der Waals surface area contributed by atoms with Crippen LogP contribution in [0.5, 0.6) is 0 Å². The Hall–Kier alpha value is -2.01. The number of halogens is 1. The maximum atomic E-state index is 12.7. The van der Waals surface area contributed by atoms with E-state index in [9.17, 15) is 4.79 Å². The molecule has 2 amide bonds. The highest BCUT2D eigenvalue weighted by molar-refractivity contribution is 6.33. The number of carbonyl (C=O) groups is 1. The van der Waals surface area contributed by atoms with Crippen LogP contribution in [-0.4, -0.2) is 27.3 Å². The van der Waals surface area contributed by atoms with Gasteiger partial charge in [-0.2, -0.15) is 5.10 Å². The Bertz CT molecular complexity index is 712. The maximum Gasteiger partial charge on any atom is 0.322 e. The average molecular weight is 333 g/mol. The quantitative estimate of drug-likeness (QED) is 0.914. The number of hydrogen-bond donors (Lipinski definition) is 1. The zero-order chi connectivity index (χ0) is 16.4. The van der Waals surface area contributed by atoms with Crippen LogP contribution >= 0.6 is 11.6 Å². The van der Waals surface area contributed by atoms with Crippen LogP contribution in [-0.2, 0) is 6.54 Å². The van der Waals surface area contributed by atoms with Crippen molar-refractivity contribution in [1.29, 1.82) is 0 Å². The minimum atomic E-state index is -0.109. The van der Waals surface area contributed by atoms with E-state index in [0.717, 1.165) is 37.2 Å². The summed E-state index contributed by atoms with van der Waals surface area (Å²) in [6.07, 6.45) is 3.75. The molecular weight excluding hydrogens is 312 g/mol. The van der Waals surface area contributed by atoms with Crippen LogP contribution in [0.4, 0.5) is 10.5 Å². The smallest absolute Gasteiger partial charge is 0.316 e. The standard InChI is InChI=1S/C17H21ClN4O/c1-3-22-16(8-9-19-22)15-5-4-10-21(15)17(23)20-14-7-6-12(2)11-13(14)18/h6-9,11,15H,3-5,10H2,1-2H3,(H,20,23)/t15-/m0/s1. The van der Waals surface area contributed by atoms with Gasteiger partial charge in [0, 0.05) is 19.3 Å². The van der Waals surface area contributed by atoms with Gasteiger partial charge >= 0.3 is 6.03 Å². The Kier molecular flexibility index (Phi) is 4.57. The third-order valence-electron chi connectivity index (χ3n) is 4.27.